The van der Waals surface area contributed by atoms with E-state index in [9.17, 15) is 4.79 Å². The first-order valence-corrected chi connectivity index (χ1v) is 4.34. The van der Waals surface area contributed by atoms with Gasteiger partial charge in [0.05, 0.1) is 17.0 Å². The van der Waals surface area contributed by atoms with Gasteiger partial charge in [-0.25, -0.2) is 0 Å². The molecule has 14 heavy (non-hydrogen) atoms. The summed E-state index contributed by atoms with van der Waals surface area (Å²) in [5, 5.41) is 17.7. The van der Waals surface area contributed by atoms with Crippen molar-refractivity contribution in [2.75, 3.05) is 0 Å². The number of nitrogens with zero attached hydrogens (tertiary/aromatic N) is 1. The van der Waals surface area contributed by atoms with Gasteiger partial charge in [-0.3, -0.25) is 4.79 Å². The molecule has 0 radical (unpaired) electrons. The Hall–Kier alpha value is -1.53. The summed E-state index contributed by atoms with van der Waals surface area (Å²) in [4.78, 5) is 10.5. The van der Waals surface area contributed by atoms with E-state index in [0.717, 1.165) is 5.56 Å². The van der Waals surface area contributed by atoms with Crippen molar-refractivity contribution in [3.8, 4) is 6.07 Å². The molecule has 0 unspecified atom stereocenters. The molecule has 0 aromatic heterocycles. The Bertz CT molecular complexity index is 421. The number of aliphatic carboxylic acids is 1. The highest BCUT2D eigenvalue weighted by Crippen LogP contribution is 2.23. The summed E-state index contributed by atoms with van der Waals surface area (Å²) in [6, 6.07) is 5.24. The summed E-state index contributed by atoms with van der Waals surface area (Å²) in [7, 11) is 0. The van der Waals surface area contributed by atoms with Crippen LogP contribution in [0.5, 0.6) is 0 Å². The molecule has 0 bridgehead atoms. The van der Waals surface area contributed by atoms with Crippen molar-refractivity contribution in [3.05, 3.63) is 33.8 Å². The molecule has 1 aromatic rings. The third-order valence-corrected chi connectivity index (χ3v) is 2.36. The lowest BCUT2D eigenvalue weighted by Gasteiger charge is -2.05. The Morgan fingerprint density at radius 1 is 1.64 bits per heavy atom. The highest BCUT2D eigenvalue weighted by Gasteiger charge is 2.11. The van der Waals surface area contributed by atoms with E-state index < -0.39 is 5.97 Å². The van der Waals surface area contributed by atoms with Crippen molar-refractivity contribution in [2.45, 2.75) is 13.3 Å². The molecule has 0 aliphatic rings. The van der Waals surface area contributed by atoms with Gasteiger partial charge in [0.2, 0.25) is 0 Å². The fourth-order valence-corrected chi connectivity index (χ4v) is 1.38. The van der Waals surface area contributed by atoms with Gasteiger partial charge >= 0.3 is 5.97 Å². The molecule has 4 heteroatoms. The average molecular weight is 210 g/mol. The van der Waals surface area contributed by atoms with Crippen molar-refractivity contribution in [1.82, 2.24) is 0 Å². The van der Waals surface area contributed by atoms with E-state index in [1.807, 2.05) is 6.07 Å². The summed E-state index contributed by atoms with van der Waals surface area (Å²) in [6.45, 7) is 1.77. The lowest BCUT2D eigenvalue weighted by Crippen LogP contribution is -2.03. The van der Waals surface area contributed by atoms with E-state index in [1.165, 1.54) is 0 Å². The minimum absolute atomic E-state index is 0.178. The highest BCUT2D eigenvalue weighted by molar-refractivity contribution is 6.32. The minimum Gasteiger partial charge on any atom is -0.481 e. The lowest BCUT2D eigenvalue weighted by atomic mass is 10.0. The van der Waals surface area contributed by atoms with Crippen LogP contribution >= 0.6 is 11.6 Å². The molecule has 0 amide bonds. The van der Waals surface area contributed by atoms with Crippen LogP contribution in [0.15, 0.2) is 12.1 Å². The number of aryl methyl sites for hydroxylation is 1. The maximum Gasteiger partial charge on any atom is 0.307 e. The van der Waals surface area contributed by atoms with Crippen LogP contribution < -0.4 is 0 Å². The number of rotatable bonds is 2. The number of halogens is 1. The molecule has 0 saturated carbocycles. The van der Waals surface area contributed by atoms with Gasteiger partial charge in [-0.05, 0) is 18.1 Å². The van der Waals surface area contributed by atoms with Gasteiger partial charge in [-0.1, -0.05) is 23.7 Å². The van der Waals surface area contributed by atoms with E-state index >= 15 is 0 Å². The maximum absolute atomic E-state index is 10.5. The van der Waals surface area contributed by atoms with Crippen LogP contribution in [0.4, 0.5) is 0 Å². The van der Waals surface area contributed by atoms with Gasteiger partial charge in [0.25, 0.3) is 0 Å². The second-order valence-electron chi connectivity index (χ2n) is 2.91. The number of hydrogen-bond acceptors (Lipinski definition) is 2. The van der Waals surface area contributed by atoms with Gasteiger partial charge in [-0.15, -0.1) is 0 Å². The molecule has 0 aliphatic heterocycles. The van der Waals surface area contributed by atoms with Gasteiger partial charge in [-0.2, -0.15) is 5.26 Å². The Morgan fingerprint density at radius 2 is 2.29 bits per heavy atom. The molecule has 1 aromatic carbocycles. The molecule has 1 N–H and O–H groups in total. The largest absolute Gasteiger partial charge is 0.481 e. The normalized spacial score (nSPS) is 9.50. The minimum atomic E-state index is -0.971. The number of carboxylic acid groups (broad SMARTS) is 1. The molecule has 72 valence electrons. The maximum atomic E-state index is 10.5. The first-order valence-electron chi connectivity index (χ1n) is 3.96. The first kappa shape index (κ1) is 10.6. The molecule has 0 spiro atoms. The lowest BCUT2D eigenvalue weighted by molar-refractivity contribution is -0.136. The summed E-state index contributed by atoms with van der Waals surface area (Å²) in [5.74, 6) is -0.971. The molecule has 3 nitrogen and oxygen atoms in total. The fourth-order valence-electron chi connectivity index (χ4n) is 1.15. The third-order valence-electron chi connectivity index (χ3n) is 1.87. The predicted octanol–water partition coefficient (Wildman–Crippen LogP) is 2.15. The third kappa shape index (κ3) is 2.04. The van der Waals surface area contributed by atoms with E-state index in [-0.39, 0.29) is 12.0 Å². The first-order chi connectivity index (χ1) is 6.56. The summed E-state index contributed by atoms with van der Waals surface area (Å²) >= 11 is 5.87. The van der Waals surface area contributed by atoms with Crippen LogP contribution in [-0.4, -0.2) is 11.1 Å². The van der Waals surface area contributed by atoms with Crippen molar-refractivity contribution < 1.29 is 9.90 Å². The number of benzene rings is 1. The van der Waals surface area contributed by atoms with Crippen LogP contribution in [0.2, 0.25) is 5.02 Å². The van der Waals surface area contributed by atoms with Gasteiger partial charge in [0, 0.05) is 0 Å². The second kappa shape index (κ2) is 4.12. The zero-order valence-electron chi connectivity index (χ0n) is 7.54. The Morgan fingerprint density at radius 3 is 2.79 bits per heavy atom. The molecular formula is C10H8ClNO2. The number of carbonyl (C=O) groups is 1. The van der Waals surface area contributed by atoms with Crippen LogP contribution in [-0.2, 0) is 11.2 Å². The van der Waals surface area contributed by atoms with Crippen molar-refractivity contribution in [2.24, 2.45) is 0 Å². The predicted molar refractivity (Wildman–Crippen MR) is 52.2 cm³/mol. The number of carboxylic acids is 1. The number of nitriles is 1. The molecule has 0 saturated heterocycles. The van der Waals surface area contributed by atoms with Crippen LogP contribution in [0.1, 0.15) is 16.7 Å². The molecule has 0 atom stereocenters. The molecule has 0 fully saturated rings. The van der Waals surface area contributed by atoms with Crippen molar-refractivity contribution in [3.63, 3.8) is 0 Å². The van der Waals surface area contributed by atoms with Gasteiger partial charge in [0.15, 0.2) is 0 Å². The Kier molecular flexibility index (Phi) is 3.10. The van der Waals surface area contributed by atoms with Gasteiger partial charge < -0.3 is 5.11 Å². The zero-order valence-corrected chi connectivity index (χ0v) is 8.30. The fraction of sp³-hybridized carbons (Fsp3) is 0.200. The quantitative estimate of drug-likeness (QED) is 0.812. The van der Waals surface area contributed by atoms with Crippen LogP contribution in [0.3, 0.4) is 0 Å². The smallest absolute Gasteiger partial charge is 0.307 e. The Balaban J connectivity index is 3.26. The standard InChI is InChI=1S/C10H8ClNO2/c1-6-2-3-7(4-9(13)14)8(5-12)10(6)11/h2-3H,4H2,1H3,(H,13,14). The van der Waals surface area contributed by atoms with Crippen molar-refractivity contribution in [1.29, 1.82) is 5.26 Å². The van der Waals surface area contributed by atoms with E-state index in [1.54, 1.807) is 19.1 Å². The molecular weight excluding hydrogens is 202 g/mol. The SMILES string of the molecule is Cc1ccc(CC(=O)O)c(C#N)c1Cl. The highest BCUT2D eigenvalue weighted by atomic mass is 35.5. The van der Waals surface area contributed by atoms with Crippen LogP contribution in [0.25, 0.3) is 0 Å². The summed E-state index contributed by atoms with van der Waals surface area (Å²) in [5.41, 5.74) is 1.49. The summed E-state index contributed by atoms with van der Waals surface area (Å²) in [6.07, 6.45) is -0.178. The summed E-state index contributed by atoms with van der Waals surface area (Å²) < 4.78 is 0. The molecule has 0 heterocycles. The average Bonchev–Trinajstić information content (AvgIpc) is 2.11. The van der Waals surface area contributed by atoms with E-state index in [2.05, 4.69) is 0 Å². The molecule has 0 aliphatic carbocycles. The van der Waals surface area contributed by atoms with Crippen LogP contribution in [0, 0.1) is 18.3 Å². The second-order valence-corrected chi connectivity index (χ2v) is 3.29. The van der Waals surface area contributed by atoms with E-state index in [0.29, 0.717) is 10.6 Å². The van der Waals surface area contributed by atoms with Crippen molar-refractivity contribution >= 4 is 17.6 Å². The van der Waals surface area contributed by atoms with E-state index in [4.69, 9.17) is 22.0 Å². The number of hydrogen-bond donors (Lipinski definition) is 1. The molecule has 1 rings (SSSR count). The van der Waals surface area contributed by atoms with Gasteiger partial charge in [0.1, 0.15) is 6.07 Å². The Labute approximate surface area is 86.5 Å². The zero-order chi connectivity index (χ0) is 10.7. The topological polar surface area (TPSA) is 61.1 Å². The monoisotopic (exact) mass is 209 g/mol.